The second-order valence-corrected chi connectivity index (χ2v) is 13.4. The van der Waals surface area contributed by atoms with Crippen LogP contribution in [0.3, 0.4) is 0 Å². The molecule has 1 aromatic heterocycles. The molecule has 1 nitrogen and oxygen atoms in total. The summed E-state index contributed by atoms with van der Waals surface area (Å²) in [5, 5.41) is 9.98. The van der Waals surface area contributed by atoms with Crippen LogP contribution in [0, 0.1) is 0 Å². The van der Waals surface area contributed by atoms with Gasteiger partial charge in [-0.1, -0.05) is 140 Å². The third-order valence-corrected chi connectivity index (χ3v) is 10.7. The molecule has 0 N–H and O–H groups in total. The van der Waals surface area contributed by atoms with Gasteiger partial charge in [-0.05, 0) is 121 Å². The van der Waals surface area contributed by atoms with Gasteiger partial charge in [-0.3, -0.25) is 0 Å². The van der Waals surface area contributed by atoms with Gasteiger partial charge in [-0.2, -0.15) is 0 Å². The molecule has 1 heterocycles. The fourth-order valence-corrected chi connectivity index (χ4v) is 8.41. The number of furan rings is 1. The molecule has 2 aliphatic rings. The van der Waals surface area contributed by atoms with Gasteiger partial charge in [-0.15, -0.1) is 0 Å². The average molecular weight is 627 g/mol. The molecule has 0 amide bonds. The molecular weight excluding hydrogens is 593 g/mol. The van der Waals surface area contributed by atoms with E-state index in [1.165, 1.54) is 76.9 Å². The highest BCUT2D eigenvalue weighted by molar-refractivity contribution is 6.24. The number of hydrogen-bond donors (Lipinski definition) is 0. The minimum Gasteiger partial charge on any atom is -0.456 e. The number of hydrogen-bond acceptors (Lipinski definition) is 1. The van der Waals surface area contributed by atoms with Gasteiger partial charge >= 0.3 is 0 Å². The first-order valence-electron chi connectivity index (χ1n) is 17.5. The number of para-hydroxylation sites is 1. The van der Waals surface area contributed by atoms with Crippen molar-refractivity contribution in [1.29, 1.82) is 0 Å². The van der Waals surface area contributed by atoms with Crippen LogP contribution in [0.15, 0.2) is 173 Å². The van der Waals surface area contributed by atoms with Gasteiger partial charge < -0.3 is 4.42 Å². The summed E-state index contributed by atoms with van der Waals surface area (Å²) in [7, 11) is 0. The van der Waals surface area contributed by atoms with Crippen molar-refractivity contribution in [2.24, 2.45) is 0 Å². The molecule has 2 aliphatic carbocycles. The summed E-state index contributed by atoms with van der Waals surface area (Å²) in [6.07, 6.45) is 16.0. The lowest BCUT2D eigenvalue weighted by atomic mass is 9.82. The predicted octanol–water partition coefficient (Wildman–Crippen LogP) is 13.8. The zero-order valence-corrected chi connectivity index (χ0v) is 27.2. The van der Waals surface area contributed by atoms with E-state index in [9.17, 15) is 0 Å². The van der Waals surface area contributed by atoms with Gasteiger partial charge in [0.15, 0.2) is 0 Å². The highest BCUT2D eigenvalue weighted by Crippen LogP contribution is 2.47. The van der Waals surface area contributed by atoms with Crippen LogP contribution in [0.4, 0.5) is 0 Å². The van der Waals surface area contributed by atoms with Crippen molar-refractivity contribution < 1.29 is 4.42 Å². The lowest BCUT2D eigenvalue weighted by molar-refractivity contribution is 0.669. The van der Waals surface area contributed by atoms with Gasteiger partial charge in [0.25, 0.3) is 0 Å². The first kappa shape index (κ1) is 28.1. The quantitative estimate of drug-likeness (QED) is 0.177. The normalized spacial score (nSPS) is 14.9. The summed E-state index contributed by atoms with van der Waals surface area (Å²) in [5.41, 5.74) is 12.6. The minimum absolute atomic E-state index is 0.921. The summed E-state index contributed by atoms with van der Waals surface area (Å²) < 4.78 is 6.21. The lowest BCUT2D eigenvalue weighted by Crippen LogP contribution is -1.99. The van der Waals surface area contributed by atoms with Crippen molar-refractivity contribution in [2.45, 2.75) is 25.7 Å². The molecule has 0 radical (unpaired) electrons. The Morgan fingerprint density at radius 2 is 0.939 bits per heavy atom. The Hall–Kier alpha value is -5.92. The van der Waals surface area contributed by atoms with E-state index in [1.54, 1.807) is 0 Å². The molecule has 0 unspecified atom stereocenters. The molecule has 0 atom stereocenters. The van der Waals surface area contributed by atoms with E-state index >= 15 is 0 Å². The second-order valence-electron chi connectivity index (χ2n) is 13.4. The number of rotatable bonds is 4. The van der Waals surface area contributed by atoms with Crippen LogP contribution in [0.25, 0.3) is 82.1 Å². The Kier molecular flexibility index (Phi) is 6.52. The molecule has 49 heavy (non-hydrogen) atoms. The van der Waals surface area contributed by atoms with Crippen molar-refractivity contribution in [3.8, 4) is 22.3 Å². The molecule has 8 aromatic rings. The number of benzene rings is 7. The maximum atomic E-state index is 6.21. The van der Waals surface area contributed by atoms with E-state index in [0.29, 0.717) is 0 Å². The van der Waals surface area contributed by atoms with Gasteiger partial charge in [-0.25, -0.2) is 0 Å². The van der Waals surface area contributed by atoms with E-state index in [2.05, 4.69) is 152 Å². The van der Waals surface area contributed by atoms with Crippen LogP contribution in [0.5, 0.6) is 0 Å². The third-order valence-electron chi connectivity index (χ3n) is 10.7. The predicted molar refractivity (Wildman–Crippen MR) is 209 cm³/mol. The molecule has 0 saturated carbocycles. The zero-order chi connectivity index (χ0) is 32.3. The number of fused-ring (bicyclic) bond motifs is 6. The molecule has 0 aliphatic heterocycles. The van der Waals surface area contributed by atoms with E-state index in [-0.39, 0.29) is 0 Å². The van der Waals surface area contributed by atoms with E-state index in [0.717, 1.165) is 47.6 Å². The number of allylic oxidation sites excluding steroid dienone is 8. The van der Waals surface area contributed by atoms with Gasteiger partial charge in [0.2, 0.25) is 0 Å². The van der Waals surface area contributed by atoms with Crippen molar-refractivity contribution in [3.63, 3.8) is 0 Å². The van der Waals surface area contributed by atoms with Crippen LogP contribution >= 0.6 is 0 Å². The van der Waals surface area contributed by atoms with E-state index in [1.807, 2.05) is 6.07 Å². The van der Waals surface area contributed by atoms with E-state index < -0.39 is 0 Å². The van der Waals surface area contributed by atoms with Crippen LogP contribution in [-0.4, -0.2) is 0 Å². The largest absolute Gasteiger partial charge is 0.456 e. The van der Waals surface area contributed by atoms with Crippen LogP contribution < -0.4 is 0 Å². The lowest BCUT2D eigenvalue weighted by Gasteiger charge is -2.21. The van der Waals surface area contributed by atoms with Crippen molar-refractivity contribution in [1.82, 2.24) is 0 Å². The standard InChI is InChI=1S/C48H34O/c1-2-12-31(13-3-1)32-22-24-33(25-23-32)35-27-28-43(37-15-5-4-14-36(35)37)48-41-19-8-6-17-39(41)47(40-18-7-9-20-42(40)48)34-26-29-46-44(30-34)38-16-10-11-21-45(38)49-46/h1-2,4-12,14-22,24,26-30H,3,13,23,25H2. The van der Waals surface area contributed by atoms with Gasteiger partial charge in [0, 0.05) is 10.8 Å². The summed E-state index contributed by atoms with van der Waals surface area (Å²) in [6.45, 7) is 0. The van der Waals surface area contributed by atoms with Crippen LogP contribution in [0.2, 0.25) is 0 Å². The Morgan fingerprint density at radius 1 is 0.388 bits per heavy atom. The van der Waals surface area contributed by atoms with Crippen molar-refractivity contribution in [2.75, 3.05) is 0 Å². The second kappa shape index (κ2) is 11.4. The molecule has 0 saturated heterocycles. The van der Waals surface area contributed by atoms with Crippen LogP contribution in [-0.2, 0) is 0 Å². The molecule has 232 valence electrons. The molecular formula is C48H34O. The van der Waals surface area contributed by atoms with Crippen molar-refractivity contribution >= 4 is 59.8 Å². The van der Waals surface area contributed by atoms with E-state index in [4.69, 9.17) is 4.42 Å². The van der Waals surface area contributed by atoms with Gasteiger partial charge in [0.05, 0.1) is 0 Å². The topological polar surface area (TPSA) is 13.1 Å². The smallest absolute Gasteiger partial charge is 0.135 e. The Morgan fingerprint density at radius 3 is 1.61 bits per heavy atom. The first-order valence-corrected chi connectivity index (χ1v) is 17.5. The fourth-order valence-electron chi connectivity index (χ4n) is 8.41. The molecule has 0 fully saturated rings. The Balaban J connectivity index is 1.19. The molecule has 10 rings (SSSR count). The Labute approximate surface area is 285 Å². The zero-order valence-electron chi connectivity index (χ0n) is 27.2. The molecule has 0 spiro atoms. The summed E-state index contributed by atoms with van der Waals surface area (Å²) in [5.74, 6) is 0. The highest BCUT2D eigenvalue weighted by Gasteiger charge is 2.21. The monoisotopic (exact) mass is 626 g/mol. The summed E-state index contributed by atoms with van der Waals surface area (Å²) >= 11 is 0. The fraction of sp³-hybridized carbons (Fsp3) is 0.0833. The van der Waals surface area contributed by atoms with Crippen LogP contribution in [0.1, 0.15) is 31.2 Å². The maximum Gasteiger partial charge on any atom is 0.135 e. The first-order chi connectivity index (χ1) is 24.3. The minimum atomic E-state index is 0.921. The average Bonchev–Trinajstić information content (AvgIpc) is 3.55. The third kappa shape index (κ3) is 4.54. The highest BCUT2D eigenvalue weighted by atomic mass is 16.3. The summed E-state index contributed by atoms with van der Waals surface area (Å²) in [6, 6.07) is 46.7. The Bertz CT molecular complexity index is 2700. The maximum absolute atomic E-state index is 6.21. The summed E-state index contributed by atoms with van der Waals surface area (Å²) in [4.78, 5) is 0. The van der Waals surface area contributed by atoms with Crippen molar-refractivity contribution in [3.05, 3.63) is 174 Å². The molecule has 0 bridgehead atoms. The van der Waals surface area contributed by atoms with Gasteiger partial charge in [0.1, 0.15) is 11.2 Å². The SMILES string of the molecule is C1=CCCC(C2=CC=C(c3ccc(-c4c5ccccc5c(-c5ccc6oc7ccccc7c6c5)c5ccccc45)c4ccccc34)CC2)=C1. The molecule has 1 heteroatoms. The molecule has 7 aromatic carbocycles.